The Labute approximate surface area is 130 Å². The summed E-state index contributed by atoms with van der Waals surface area (Å²) in [6, 6.07) is 2.47. The van der Waals surface area contributed by atoms with Gasteiger partial charge in [0.2, 0.25) is 0 Å². The molecule has 1 aliphatic carbocycles. The van der Waals surface area contributed by atoms with E-state index in [-0.39, 0.29) is 11.9 Å². The van der Waals surface area contributed by atoms with Gasteiger partial charge < -0.3 is 14.6 Å². The first-order chi connectivity index (χ1) is 10.7. The number of unbranched alkanes of at least 4 members (excludes halogenated alkanes) is 1. The summed E-state index contributed by atoms with van der Waals surface area (Å²) >= 11 is 0. The van der Waals surface area contributed by atoms with Crippen LogP contribution in [0.1, 0.15) is 44.2 Å². The molecule has 0 radical (unpaired) electrons. The number of aromatic nitrogens is 2. The van der Waals surface area contributed by atoms with Crippen LogP contribution >= 0.6 is 0 Å². The molecular formula is C17H24FN3O. The van der Waals surface area contributed by atoms with Crippen LogP contribution in [-0.2, 0) is 11.3 Å². The molecule has 3 rings (SSSR count). The van der Waals surface area contributed by atoms with Crippen LogP contribution in [-0.4, -0.2) is 29.3 Å². The van der Waals surface area contributed by atoms with Gasteiger partial charge in [0, 0.05) is 50.2 Å². The third kappa shape index (κ3) is 3.47. The Morgan fingerprint density at radius 2 is 2.27 bits per heavy atom. The number of methoxy groups -OCH3 is 1. The van der Waals surface area contributed by atoms with Crippen LogP contribution in [0, 0.1) is 5.82 Å². The Kier molecular flexibility index (Phi) is 4.74. The minimum atomic E-state index is -0.280. The zero-order valence-corrected chi connectivity index (χ0v) is 13.3. The fourth-order valence-electron chi connectivity index (χ4n) is 2.89. The Hall–Kier alpha value is -1.46. The van der Waals surface area contributed by atoms with Gasteiger partial charge in [-0.1, -0.05) is 0 Å². The maximum absolute atomic E-state index is 13.6. The first-order valence-electron chi connectivity index (χ1n) is 8.08. The Bertz CT molecular complexity index is 636. The Balaban J connectivity index is 1.84. The third-order valence-electron chi connectivity index (χ3n) is 4.24. The molecule has 120 valence electrons. The maximum Gasteiger partial charge on any atom is 0.143 e. The molecule has 0 bridgehead atoms. The van der Waals surface area contributed by atoms with E-state index in [2.05, 4.69) is 28.0 Å². The molecule has 4 nitrogen and oxygen atoms in total. The van der Waals surface area contributed by atoms with Crippen LogP contribution < -0.4 is 5.32 Å². The number of ether oxygens (including phenoxy) is 1. The molecule has 1 saturated carbocycles. The van der Waals surface area contributed by atoms with Crippen molar-refractivity contribution in [3.63, 3.8) is 0 Å². The van der Waals surface area contributed by atoms with Crippen molar-refractivity contribution in [1.29, 1.82) is 0 Å². The summed E-state index contributed by atoms with van der Waals surface area (Å²) in [7, 11) is 1.72. The van der Waals surface area contributed by atoms with E-state index in [9.17, 15) is 4.39 Å². The van der Waals surface area contributed by atoms with Crippen LogP contribution in [0.2, 0.25) is 0 Å². The summed E-state index contributed by atoms with van der Waals surface area (Å²) in [5.74, 6) is -0.280. The normalized spacial score (nSPS) is 16.3. The van der Waals surface area contributed by atoms with Crippen LogP contribution in [0.25, 0.3) is 11.0 Å². The van der Waals surface area contributed by atoms with E-state index >= 15 is 0 Å². The average molecular weight is 305 g/mol. The Morgan fingerprint density at radius 3 is 3.00 bits per heavy atom. The number of hydrogen-bond acceptors (Lipinski definition) is 3. The van der Waals surface area contributed by atoms with Crippen LogP contribution in [0.4, 0.5) is 4.39 Å². The zero-order chi connectivity index (χ0) is 15.5. The molecule has 0 saturated heterocycles. The van der Waals surface area contributed by atoms with Crippen LogP contribution in [0.3, 0.4) is 0 Å². The summed E-state index contributed by atoms with van der Waals surface area (Å²) in [4.78, 5) is 4.33. The van der Waals surface area contributed by atoms with Gasteiger partial charge in [0.05, 0.1) is 17.2 Å². The second-order valence-electron chi connectivity index (χ2n) is 6.16. The van der Waals surface area contributed by atoms with Crippen molar-refractivity contribution >= 4 is 11.0 Å². The molecule has 1 aliphatic rings. The van der Waals surface area contributed by atoms with Gasteiger partial charge in [-0.25, -0.2) is 4.39 Å². The topological polar surface area (TPSA) is 39.1 Å². The molecule has 1 atom stereocenters. The highest BCUT2D eigenvalue weighted by atomic mass is 19.1. The maximum atomic E-state index is 13.6. The van der Waals surface area contributed by atoms with Gasteiger partial charge in [0.15, 0.2) is 0 Å². The minimum absolute atomic E-state index is 0.244. The fourth-order valence-corrected chi connectivity index (χ4v) is 2.89. The molecule has 0 aliphatic heterocycles. The molecule has 0 spiro atoms. The predicted molar refractivity (Wildman–Crippen MR) is 85.4 cm³/mol. The zero-order valence-electron chi connectivity index (χ0n) is 13.3. The second-order valence-corrected chi connectivity index (χ2v) is 6.16. The van der Waals surface area contributed by atoms with Gasteiger partial charge >= 0.3 is 0 Å². The molecule has 1 N–H and O–H groups in total. The van der Waals surface area contributed by atoms with Crippen molar-refractivity contribution in [1.82, 2.24) is 14.9 Å². The lowest BCUT2D eigenvalue weighted by Crippen LogP contribution is -2.20. The molecule has 2 aromatic heterocycles. The van der Waals surface area contributed by atoms with Crippen LogP contribution in [0.15, 0.2) is 18.5 Å². The molecular weight excluding hydrogens is 281 g/mol. The van der Waals surface area contributed by atoms with E-state index in [0.717, 1.165) is 42.6 Å². The van der Waals surface area contributed by atoms with Gasteiger partial charge in [-0.05, 0) is 32.6 Å². The lowest BCUT2D eigenvalue weighted by Gasteiger charge is -2.11. The lowest BCUT2D eigenvalue weighted by atomic mass is 10.1. The Morgan fingerprint density at radius 1 is 1.45 bits per heavy atom. The number of nitrogens with one attached hydrogen (secondary N) is 1. The van der Waals surface area contributed by atoms with Gasteiger partial charge in [-0.2, -0.15) is 0 Å². The molecule has 22 heavy (non-hydrogen) atoms. The number of fused-ring (bicyclic) bond motifs is 1. The van der Waals surface area contributed by atoms with E-state index in [1.165, 1.54) is 19.0 Å². The molecule has 1 unspecified atom stereocenters. The number of rotatable bonds is 8. The first-order valence-corrected chi connectivity index (χ1v) is 8.08. The SMILES string of the molecule is COCCCCn1cc(C(C)NC2CC2)c2ncc(F)cc21. The molecule has 1 fully saturated rings. The van der Waals surface area contributed by atoms with Gasteiger partial charge in [-0.3, -0.25) is 4.98 Å². The number of pyridine rings is 1. The van der Waals surface area contributed by atoms with E-state index in [1.807, 2.05) is 0 Å². The van der Waals surface area contributed by atoms with Crippen molar-refractivity contribution in [2.75, 3.05) is 13.7 Å². The van der Waals surface area contributed by atoms with Crippen LogP contribution in [0.5, 0.6) is 0 Å². The van der Waals surface area contributed by atoms with E-state index in [4.69, 9.17) is 4.74 Å². The van der Waals surface area contributed by atoms with Crippen molar-refractivity contribution in [2.45, 2.75) is 51.2 Å². The molecule has 2 aromatic rings. The van der Waals surface area contributed by atoms with Crippen molar-refractivity contribution in [3.8, 4) is 0 Å². The van der Waals surface area contributed by atoms with Gasteiger partial charge in [0.1, 0.15) is 5.82 Å². The third-order valence-corrected chi connectivity index (χ3v) is 4.24. The largest absolute Gasteiger partial charge is 0.385 e. The highest BCUT2D eigenvalue weighted by Crippen LogP contribution is 2.29. The van der Waals surface area contributed by atoms with Crippen molar-refractivity contribution < 1.29 is 9.13 Å². The number of aryl methyl sites for hydroxylation is 1. The van der Waals surface area contributed by atoms with Gasteiger partial charge in [0.25, 0.3) is 0 Å². The highest BCUT2D eigenvalue weighted by molar-refractivity contribution is 5.80. The first kappa shape index (κ1) is 15.4. The molecule has 0 aromatic carbocycles. The number of hydrogen-bond donors (Lipinski definition) is 1. The average Bonchev–Trinajstić information content (AvgIpc) is 3.24. The van der Waals surface area contributed by atoms with Gasteiger partial charge in [-0.15, -0.1) is 0 Å². The standard InChI is InChI=1S/C17H24FN3O/c1-12(20-14-5-6-14)15-11-21(7-3-4-8-22-2)16-9-13(18)10-19-17(15)16/h9-12,14,20H,3-8H2,1-2H3. The monoisotopic (exact) mass is 305 g/mol. The van der Waals surface area contributed by atoms with E-state index in [0.29, 0.717) is 6.04 Å². The van der Waals surface area contributed by atoms with Crippen molar-refractivity contribution in [2.24, 2.45) is 0 Å². The summed E-state index contributed by atoms with van der Waals surface area (Å²) in [6.45, 7) is 3.78. The summed E-state index contributed by atoms with van der Waals surface area (Å²) in [5.41, 5.74) is 2.96. The summed E-state index contributed by atoms with van der Waals surface area (Å²) < 4.78 is 20.8. The number of nitrogens with zero attached hydrogens (tertiary/aromatic N) is 2. The second kappa shape index (κ2) is 6.75. The highest BCUT2D eigenvalue weighted by Gasteiger charge is 2.25. The summed E-state index contributed by atoms with van der Waals surface area (Å²) in [6.07, 6.45) is 7.96. The smallest absolute Gasteiger partial charge is 0.143 e. The van der Waals surface area contributed by atoms with Crippen molar-refractivity contribution in [3.05, 3.63) is 29.8 Å². The van der Waals surface area contributed by atoms with E-state index in [1.54, 1.807) is 13.2 Å². The molecule has 0 amide bonds. The van der Waals surface area contributed by atoms with E-state index < -0.39 is 0 Å². The quantitative estimate of drug-likeness (QED) is 0.760. The predicted octanol–water partition coefficient (Wildman–Crippen LogP) is 3.42. The minimum Gasteiger partial charge on any atom is -0.385 e. The molecule has 2 heterocycles. The summed E-state index contributed by atoms with van der Waals surface area (Å²) in [5, 5.41) is 3.60. The lowest BCUT2D eigenvalue weighted by molar-refractivity contribution is 0.191. The molecule has 5 heteroatoms. The number of halogens is 1. The fraction of sp³-hybridized carbons (Fsp3) is 0.588.